The molecule has 1 aromatic rings. The second-order valence-electron chi connectivity index (χ2n) is 4.56. The van der Waals surface area contributed by atoms with Gasteiger partial charge < -0.3 is 10.2 Å². The van der Waals surface area contributed by atoms with Crippen LogP contribution in [0.3, 0.4) is 0 Å². The van der Waals surface area contributed by atoms with Crippen LogP contribution in [0.5, 0.6) is 0 Å². The van der Waals surface area contributed by atoms with E-state index >= 15 is 0 Å². The second-order valence-corrected chi connectivity index (χ2v) is 5.34. The maximum absolute atomic E-state index is 12.1. The number of hydrogen-bond acceptors (Lipinski definition) is 3. The average Bonchev–Trinajstić information content (AvgIpc) is 3.03. The summed E-state index contributed by atoms with van der Waals surface area (Å²) in [6, 6.07) is 2.60. The molecular formula is C13H20N2OS. The first-order valence-corrected chi connectivity index (χ1v) is 7.26. The maximum Gasteiger partial charge on any atom is 0.237 e. The van der Waals surface area contributed by atoms with Gasteiger partial charge in [-0.2, -0.15) is 11.3 Å². The van der Waals surface area contributed by atoms with Crippen molar-refractivity contribution in [1.29, 1.82) is 0 Å². The van der Waals surface area contributed by atoms with Crippen LogP contribution in [-0.2, 0) is 11.3 Å². The first kappa shape index (κ1) is 12.6. The first-order valence-electron chi connectivity index (χ1n) is 6.32. The molecule has 1 saturated carbocycles. The van der Waals surface area contributed by atoms with Gasteiger partial charge in [0, 0.05) is 12.6 Å². The Bertz CT molecular complexity index is 346. The van der Waals surface area contributed by atoms with E-state index in [1.54, 1.807) is 11.3 Å². The molecule has 1 heterocycles. The zero-order valence-corrected chi connectivity index (χ0v) is 11.1. The highest BCUT2D eigenvalue weighted by molar-refractivity contribution is 7.07. The van der Waals surface area contributed by atoms with Crippen molar-refractivity contribution in [1.82, 2.24) is 10.2 Å². The van der Waals surface area contributed by atoms with Crippen molar-refractivity contribution in [3.05, 3.63) is 22.4 Å². The largest absolute Gasteiger partial charge is 0.334 e. The summed E-state index contributed by atoms with van der Waals surface area (Å²) in [5.74, 6) is 0.243. The van der Waals surface area contributed by atoms with Crippen LogP contribution in [-0.4, -0.2) is 29.9 Å². The van der Waals surface area contributed by atoms with Gasteiger partial charge in [0.25, 0.3) is 0 Å². The van der Waals surface area contributed by atoms with E-state index in [-0.39, 0.29) is 5.91 Å². The zero-order valence-electron chi connectivity index (χ0n) is 10.3. The van der Waals surface area contributed by atoms with Gasteiger partial charge in [0.1, 0.15) is 0 Å². The van der Waals surface area contributed by atoms with Crippen LogP contribution in [0.25, 0.3) is 0 Å². The number of carbonyl (C=O) groups excluding carboxylic acids is 1. The van der Waals surface area contributed by atoms with Gasteiger partial charge in [0.15, 0.2) is 0 Å². The lowest BCUT2D eigenvalue weighted by molar-refractivity contribution is -0.131. The van der Waals surface area contributed by atoms with Crippen molar-refractivity contribution in [2.45, 2.75) is 38.8 Å². The molecule has 1 fully saturated rings. The Morgan fingerprint density at radius 3 is 3.00 bits per heavy atom. The number of amides is 1. The smallest absolute Gasteiger partial charge is 0.237 e. The maximum atomic E-state index is 12.1. The fourth-order valence-electron chi connectivity index (χ4n) is 1.86. The molecule has 1 aliphatic carbocycles. The zero-order chi connectivity index (χ0) is 12.1. The van der Waals surface area contributed by atoms with E-state index in [4.69, 9.17) is 0 Å². The molecule has 1 N–H and O–H groups in total. The summed E-state index contributed by atoms with van der Waals surface area (Å²) in [5.41, 5.74) is 1.26. The van der Waals surface area contributed by atoms with Crippen LogP contribution in [0.15, 0.2) is 16.8 Å². The number of carbonyl (C=O) groups is 1. The number of nitrogens with one attached hydrogen (secondary N) is 1. The predicted molar refractivity (Wildman–Crippen MR) is 71.1 cm³/mol. The van der Waals surface area contributed by atoms with Crippen molar-refractivity contribution >= 4 is 17.2 Å². The molecule has 1 aromatic heterocycles. The fourth-order valence-corrected chi connectivity index (χ4v) is 2.52. The summed E-state index contributed by atoms with van der Waals surface area (Å²) >= 11 is 1.69. The minimum absolute atomic E-state index is 0.243. The van der Waals surface area contributed by atoms with Crippen molar-refractivity contribution in [2.75, 3.05) is 13.1 Å². The lowest BCUT2D eigenvalue weighted by Gasteiger charge is -2.22. The summed E-state index contributed by atoms with van der Waals surface area (Å²) in [5, 5.41) is 7.39. The topological polar surface area (TPSA) is 32.3 Å². The van der Waals surface area contributed by atoms with Crippen LogP contribution in [0.2, 0.25) is 0 Å². The Balaban J connectivity index is 1.86. The Labute approximate surface area is 107 Å². The first-order chi connectivity index (χ1) is 8.31. The summed E-state index contributed by atoms with van der Waals surface area (Å²) < 4.78 is 0. The van der Waals surface area contributed by atoms with Crippen LogP contribution in [0.4, 0.5) is 0 Å². The standard InChI is InChI=1S/C13H20N2OS/c1-2-6-14-8-13(16)15(12-3-4-12)9-11-5-7-17-10-11/h5,7,10,12,14H,2-4,6,8-9H2,1H3. The van der Waals surface area contributed by atoms with Gasteiger partial charge in [-0.05, 0) is 48.2 Å². The number of hydrogen-bond donors (Lipinski definition) is 1. The Morgan fingerprint density at radius 1 is 1.59 bits per heavy atom. The van der Waals surface area contributed by atoms with E-state index in [0.29, 0.717) is 12.6 Å². The minimum Gasteiger partial charge on any atom is -0.334 e. The normalized spacial score (nSPS) is 14.9. The third kappa shape index (κ3) is 3.82. The molecule has 1 amide bonds. The summed E-state index contributed by atoms with van der Waals surface area (Å²) in [6.07, 6.45) is 3.41. The molecule has 0 atom stereocenters. The van der Waals surface area contributed by atoms with E-state index in [0.717, 1.165) is 19.5 Å². The van der Waals surface area contributed by atoms with Crippen molar-refractivity contribution in [3.8, 4) is 0 Å². The molecule has 0 radical (unpaired) electrons. The van der Waals surface area contributed by atoms with Gasteiger partial charge in [0.2, 0.25) is 5.91 Å². The van der Waals surface area contributed by atoms with E-state index < -0.39 is 0 Å². The molecule has 0 aromatic carbocycles. The van der Waals surface area contributed by atoms with Crippen LogP contribution >= 0.6 is 11.3 Å². The molecule has 0 bridgehead atoms. The molecule has 4 heteroatoms. The van der Waals surface area contributed by atoms with E-state index in [1.165, 1.54) is 18.4 Å². The SMILES string of the molecule is CCCNCC(=O)N(Cc1ccsc1)C1CC1. The third-order valence-electron chi connectivity index (χ3n) is 2.94. The molecule has 3 nitrogen and oxygen atoms in total. The highest BCUT2D eigenvalue weighted by Gasteiger charge is 2.32. The van der Waals surface area contributed by atoms with Gasteiger partial charge in [-0.3, -0.25) is 4.79 Å². The minimum atomic E-state index is 0.243. The summed E-state index contributed by atoms with van der Waals surface area (Å²) in [7, 11) is 0. The van der Waals surface area contributed by atoms with Gasteiger partial charge in [-0.1, -0.05) is 6.92 Å². The number of thiophene rings is 1. The lowest BCUT2D eigenvalue weighted by atomic mass is 10.3. The molecule has 0 saturated heterocycles. The van der Waals surface area contributed by atoms with Gasteiger partial charge in [-0.15, -0.1) is 0 Å². The summed E-state index contributed by atoms with van der Waals surface area (Å²) in [4.78, 5) is 14.1. The van der Waals surface area contributed by atoms with Crippen LogP contribution in [0.1, 0.15) is 31.7 Å². The quantitative estimate of drug-likeness (QED) is 0.755. The lowest BCUT2D eigenvalue weighted by Crippen LogP contribution is -2.39. The molecule has 1 aliphatic rings. The molecule has 2 rings (SSSR count). The van der Waals surface area contributed by atoms with Gasteiger partial charge >= 0.3 is 0 Å². The van der Waals surface area contributed by atoms with Crippen LogP contribution < -0.4 is 5.32 Å². The van der Waals surface area contributed by atoms with Gasteiger partial charge in [-0.25, -0.2) is 0 Å². The Morgan fingerprint density at radius 2 is 2.41 bits per heavy atom. The molecule has 0 spiro atoms. The van der Waals surface area contributed by atoms with Crippen molar-refractivity contribution in [2.24, 2.45) is 0 Å². The fraction of sp³-hybridized carbons (Fsp3) is 0.615. The molecular weight excluding hydrogens is 232 g/mol. The highest BCUT2D eigenvalue weighted by Crippen LogP contribution is 2.28. The van der Waals surface area contributed by atoms with E-state index in [1.807, 2.05) is 4.90 Å². The number of nitrogens with zero attached hydrogens (tertiary/aromatic N) is 1. The summed E-state index contributed by atoms with van der Waals surface area (Å²) in [6.45, 7) is 4.29. The van der Waals surface area contributed by atoms with Gasteiger partial charge in [0.05, 0.1) is 6.54 Å². The highest BCUT2D eigenvalue weighted by atomic mass is 32.1. The average molecular weight is 252 g/mol. The van der Waals surface area contributed by atoms with Crippen molar-refractivity contribution < 1.29 is 4.79 Å². The van der Waals surface area contributed by atoms with E-state index in [2.05, 4.69) is 29.1 Å². The monoisotopic (exact) mass is 252 g/mol. The molecule has 0 unspecified atom stereocenters. The molecule has 94 valence electrons. The molecule has 17 heavy (non-hydrogen) atoms. The number of rotatable bonds is 7. The second kappa shape index (κ2) is 6.17. The van der Waals surface area contributed by atoms with Crippen LogP contribution in [0, 0.1) is 0 Å². The molecule has 0 aliphatic heterocycles. The Kier molecular flexibility index (Phi) is 4.57. The van der Waals surface area contributed by atoms with E-state index in [9.17, 15) is 4.79 Å². The Hall–Kier alpha value is -0.870. The van der Waals surface area contributed by atoms with Crippen molar-refractivity contribution in [3.63, 3.8) is 0 Å². The third-order valence-corrected chi connectivity index (χ3v) is 3.68. The predicted octanol–water partition coefficient (Wildman–Crippen LogP) is 2.24.